The topological polar surface area (TPSA) is 27.0 Å². The molecule has 1 aromatic carbocycles. The molecule has 1 aromatic rings. The molecule has 0 aromatic heterocycles. The maximum atomic E-state index is 9.07. The molecular weight excluding hydrogens is 220 g/mol. The molecule has 1 atom stereocenters. The van der Waals surface area contributed by atoms with Crippen LogP contribution in [-0.2, 0) is 0 Å². The van der Waals surface area contributed by atoms with Crippen molar-refractivity contribution in [3.63, 3.8) is 0 Å². The lowest BCUT2D eigenvalue weighted by Crippen LogP contribution is -2.36. The standard InChI is InChI=1S/C16H22N2/c1-18(15-10-6-3-7-11-15)16(12-13-17)14-8-4-2-5-9-14/h2,4-5,8-9,15-16H,3,6-7,10-12H2,1H3. The van der Waals surface area contributed by atoms with Crippen molar-refractivity contribution >= 4 is 0 Å². The van der Waals surface area contributed by atoms with Crippen LogP contribution < -0.4 is 0 Å². The Labute approximate surface area is 110 Å². The number of hydrogen-bond acceptors (Lipinski definition) is 2. The van der Waals surface area contributed by atoms with Crippen LogP contribution in [0.4, 0.5) is 0 Å². The van der Waals surface area contributed by atoms with Crippen LogP contribution in [0.15, 0.2) is 30.3 Å². The van der Waals surface area contributed by atoms with E-state index in [1.807, 2.05) is 6.07 Å². The van der Waals surface area contributed by atoms with E-state index in [0.29, 0.717) is 12.5 Å². The van der Waals surface area contributed by atoms with Gasteiger partial charge in [0.15, 0.2) is 0 Å². The molecule has 1 aliphatic rings. The molecule has 0 bridgehead atoms. The number of benzene rings is 1. The summed E-state index contributed by atoms with van der Waals surface area (Å²) in [6.45, 7) is 0. The molecule has 2 nitrogen and oxygen atoms in total. The highest BCUT2D eigenvalue weighted by Gasteiger charge is 2.25. The molecule has 1 unspecified atom stereocenters. The lowest BCUT2D eigenvalue weighted by atomic mass is 9.92. The van der Waals surface area contributed by atoms with E-state index in [1.54, 1.807) is 0 Å². The van der Waals surface area contributed by atoms with Crippen molar-refractivity contribution in [3.05, 3.63) is 35.9 Å². The molecule has 1 saturated carbocycles. The SMILES string of the molecule is CN(C1CCCCC1)C(CC#N)c1ccccc1. The minimum Gasteiger partial charge on any atom is -0.295 e. The molecule has 18 heavy (non-hydrogen) atoms. The minimum absolute atomic E-state index is 0.249. The summed E-state index contributed by atoms with van der Waals surface area (Å²) < 4.78 is 0. The summed E-state index contributed by atoms with van der Waals surface area (Å²) in [6.07, 6.45) is 7.19. The average molecular weight is 242 g/mol. The summed E-state index contributed by atoms with van der Waals surface area (Å²) in [5.41, 5.74) is 1.27. The van der Waals surface area contributed by atoms with Crippen LogP contribution in [0.5, 0.6) is 0 Å². The highest BCUT2D eigenvalue weighted by atomic mass is 15.2. The first-order valence-electron chi connectivity index (χ1n) is 6.96. The van der Waals surface area contributed by atoms with Crippen LogP contribution in [0.1, 0.15) is 50.1 Å². The Kier molecular flexibility index (Phi) is 4.78. The fraction of sp³-hybridized carbons (Fsp3) is 0.562. The predicted molar refractivity (Wildman–Crippen MR) is 74.0 cm³/mol. The van der Waals surface area contributed by atoms with Gasteiger partial charge in [0.25, 0.3) is 0 Å². The van der Waals surface area contributed by atoms with Crippen molar-refractivity contribution in [2.45, 2.75) is 50.6 Å². The Morgan fingerprint density at radius 1 is 1.22 bits per heavy atom. The zero-order chi connectivity index (χ0) is 12.8. The molecular formula is C16H22N2. The first-order valence-corrected chi connectivity index (χ1v) is 6.96. The van der Waals surface area contributed by atoms with Crippen LogP contribution in [0.3, 0.4) is 0 Å². The molecule has 2 heteroatoms. The van der Waals surface area contributed by atoms with Gasteiger partial charge >= 0.3 is 0 Å². The summed E-state index contributed by atoms with van der Waals surface area (Å²) in [5.74, 6) is 0. The van der Waals surface area contributed by atoms with Gasteiger partial charge in [0.2, 0.25) is 0 Å². The second-order valence-corrected chi connectivity index (χ2v) is 5.25. The van der Waals surface area contributed by atoms with Gasteiger partial charge < -0.3 is 0 Å². The third-order valence-corrected chi connectivity index (χ3v) is 4.11. The van der Waals surface area contributed by atoms with Gasteiger partial charge in [0.1, 0.15) is 0 Å². The Morgan fingerprint density at radius 3 is 2.50 bits per heavy atom. The van der Waals surface area contributed by atoms with Crippen LogP contribution in [-0.4, -0.2) is 18.0 Å². The van der Waals surface area contributed by atoms with Gasteiger partial charge in [-0.05, 0) is 25.5 Å². The van der Waals surface area contributed by atoms with Crippen molar-refractivity contribution in [1.29, 1.82) is 5.26 Å². The Bertz CT molecular complexity index is 387. The summed E-state index contributed by atoms with van der Waals surface area (Å²) in [6, 6.07) is 13.7. The summed E-state index contributed by atoms with van der Waals surface area (Å²) >= 11 is 0. The van der Waals surface area contributed by atoms with Gasteiger partial charge in [-0.2, -0.15) is 5.26 Å². The van der Waals surface area contributed by atoms with Gasteiger partial charge in [0, 0.05) is 12.1 Å². The molecule has 1 aliphatic carbocycles. The van der Waals surface area contributed by atoms with Gasteiger partial charge in [-0.3, -0.25) is 4.90 Å². The largest absolute Gasteiger partial charge is 0.295 e. The molecule has 0 N–H and O–H groups in total. The summed E-state index contributed by atoms with van der Waals surface area (Å²) in [7, 11) is 2.19. The highest BCUT2D eigenvalue weighted by molar-refractivity contribution is 5.20. The van der Waals surface area contributed by atoms with E-state index < -0.39 is 0 Å². The average Bonchev–Trinajstić information content (AvgIpc) is 2.46. The van der Waals surface area contributed by atoms with Crippen LogP contribution in [0.2, 0.25) is 0 Å². The lowest BCUT2D eigenvalue weighted by Gasteiger charge is -2.36. The molecule has 0 aliphatic heterocycles. The second kappa shape index (κ2) is 6.56. The molecule has 0 saturated heterocycles. The Hall–Kier alpha value is -1.33. The zero-order valence-electron chi connectivity index (χ0n) is 11.2. The van der Waals surface area contributed by atoms with Gasteiger partial charge in [-0.15, -0.1) is 0 Å². The van der Waals surface area contributed by atoms with Crippen molar-refractivity contribution in [1.82, 2.24) is 4.90 Å². The van der Waals surface area contributed by atoms with Gasteiger partial charge in [0.05, 0.1) is 12.5 Å². The zero-order valence-corrected chi connectivity index (χ0v) is 11.2. The van der Waals surface area contributed by atoms with E-state index in [0.717, 1.165) is 0 Å². The smallest absolute Gasteiger partial charge is 0.0641 e. The molecule has 0 amide bonds. The monoisotopic (exact) mass is 242 g/mol. The van der Waals surface area contributed by atoms with Crippen LogP contribution in [0, 0.1) is 11.3 Å². The predicted octanol–water partition coefficient (Wildman–Crippen LogP) is 3.91. The van der Waals surface area contributed by atoms with E-state index >= 15 is 0 Å². The van der Waals surface area contributed by atoms with Gasteiger partial charge in [-0.1, -0.05) is 49.6 Å². The molecule has 0 radical (unpaired) electrons. The van der Waals surface area contributed by atoms with E-state index in [4.69, 9.17) is 5.26 Å². The second-order valence-electron chi connectivity index (χ2n) is 5.25. The van der Waals surface area contributed by atoms with Crippen LogP contribution in [0.25, 0.3) is 0 Å². The molecule has 1 fully saturated rings. The molecule has 0 heterocycles. The minimum atomic E-state index is 0.249. The van der Waals surface area contributed by atoms with Crippen molar-refractivity contribution in [3.8, 4) is 6.07 Å². The molecule has 2 rings (SSSR count). The van der Waals surface area contributed by atoms with E-state index in [1.165, 1.54) is 37.7 Å². The first kappa shape index (κ1) is 13.1. The summed E-state index contributed by atoms with van der Waals surface area (Å²) in [5, 5.41) is 9.07. The lowest BCUT2D eigenvalue weighted by molar-refractivity contribution is 0.139. The normalized spacial score (nSPS) is 18.5. The maximum Gasteiger partial charge on any atom is 0.0641 e. The Morgan fingerprint density at radius 2 is 1.89 bits per heavy atom. The number of nitrogens with zero attached hydrogens (tertiary/aromatic N) is 2. The van der Waals surface area contributed by atoms with Crippen LogP contribution >= 0.6 is 0 Å². The van der Waals surface area contributed by atoms with Crippen molar-refractivity contribution in [2.75, 3.05) is 7.05 Å². The maximum absolute atomic E-state index is 9.07. The van der Waals surface area contributed by atoms with E-state index in [9.17, 15) is 0 Å². The van der Waals surface area contributed by atoms with Gasteiger partial charge in [-0.25, -0.2) is 0 Å². The highest BCUT2D eigenvalue weighted by Crippen LogP contribution is 2.30. The molecule has 0 spiro atoms. The third-order valence-electron chi connectivity index (χ3n) is 4.11. The van der Waals surface area contributed by atoms with E-state index in [-0.39, 0.29) is 6.04 Å². The first-order chi connectivity index (χ1) is 8.83. The third kappa shape index (κ3) is 3.11. The summed E-state index contributed by atoms with van der Waals surface area (Å²) in [4.78, 5) is 2.43. The number of hydrogen-bond donors (Lipinski definition) is 0. The Balaban J connectivity index is 2.12. The molecule has 96 valence electrons. The van der Waals surface area contributed by atoms with E-state index in [2.05, 4.69) is 42.3 Å². The number of nitriles is 1. The fourth-order valence-electron chi connectivity index (χ4n) is 3.00. The quantitative estimate of drug-likeness (QED) is 0.800. The number of rotatable bonds is 4. The van der Waals surface area contributed by atoms with Crippen molar-refractivity contribution in [2.24, 2.45) is 0 Å². The fourth-order valence-corrected chi connectivity index (χ4v) is 3.00. The van der Waals surface area contributed by atoms with Crippen molar-refractivity contribution < 1.29 is 0 Å².